The van der Waals surface area contributed by atoms with Gasteiger partial charge in [0.25, 0.3) is 0 Å². The van der Waals surface area contributed by atoms with Gasteiger partial charge in [-0.3, -0.25) is 0 Å². The minimum atomic E-state index is 0.244. The number of hydrogen-bond donors (Lipinski definition) is 0. The molecule has 0 saturated heterocycles. The Hall–Kier alpha value is -2.34. The molecule has 2 saturated carbocycles. The summed E-state index contributed by atoms with van der Waals surface area (Å²) in [5.74, 6) is 3.76. The van der Waals surface area contributed by atoms with Crippen molar-refractivity contribution >= 4 is 0 Å². The summed E-state index contributed by atoms with van der Waals surface area (Å²) in [6.45, 7) is 14.2. The fraction of sp³-hybridized carbons (Fsp3) is 0.571. The van der Waals surface area contributed by atoms with Crippen LogP contribution in [0.1, 0.15) is 149 Å². The van der Waals surface area contributed by atoms with Crippen LogP contribution in [-0.4, -0.2) is 0 Å². The van der Waals surface area contributed by atoms with Crippen LogP contribution in [0.2, 0.25) is 0 Å². The van der Waals surface area contributed by atoms with Crippen molar-refractivity contribution in [3.05, 3.63) is 105 Å². The van der Waals surface area contributed by atoms with E-state index in [9.17, 15) is 0 Å². The highest BCUT2D eigenvalue weighted by molar-refractivity contribution is 5.43. The zero-order valence-electron chi connectivity index (χ0n) is 27.8. The van der Waals surface area contributed by atoms with E-state index in [1.165, 1.54) is 97.6 Å². The molecule has 0 amide bonds. The van der Waals surface area contributed by atoms with Gasteiger partial charge in [0.1, 0.15) is 0 Å². The van der Waals surface area contributed by atoms with Gasteiger partial charge in [-0.2, -0.15) is 0 Å². The van der Waals surface area contributed by atoms with E-state index in [4.69, 9.17) is 0 Å². The van der Waals surface area contributed by atoms with Crippen molar-refractivity contribution in [1.82, 2.24) is 0 Å². The van der Waals surface area contributed by atoms with Gasteiger partial charge in [0, 0.05) is 0 Å². The number of aryl methyl sites for hydroxylation is 2. The van der Waals surface area contributed by atoms with Gasteiger partial charge in [0.05, 0.1) is 0 Å². The zero-order valence-corrected chi connectivity index (χ0v) is 27.8. The van der Waals surface area contributed by atoms with Gasteiger partial charge in [-0.05, 0) is 151 Å². The quantitative estimate of drug-likeness (QED) is 0.230. The summed E-state index contributed by atoms with van der Waals surface area (Å²) in [5.41, 5.74) is 12.3. The Morgan fingerprint density at radius 3 is 1.98 bits per heavy atom. The second kappa shape index (κ2) is 14.0. The molecule has 42 heavy (non-hydrogen) atoms. The summed E-state index contributed by atoms with van der Waals surface area (Å²) in [6.07, 6.45) is 17.2. The van der Waals surface area contributed by atoms with Crippen molar-refractivity contribution in [3.63, 3.8) is 0 Å². The molecule has 2 fully saturated rings. The van der Waals surface area contributed by atoms with Gasteiger partial charge in [-0.1, -0.05) is 108 Å². The molecule has 0 aliphatic heterocycles. The minimum absolute atomic E-state index is 0.244. The molecule has 0 spiro atoms. The second-order valence-corrected chi connectivity index (χ2v) is 14.6. The smallest absolute Gasteiger partial charge is 0.00201 e. The number of rotatable bonds is 10. The zero-order chi connectivity index (χ0) is 29.7. The molecule has 2 aliphatic carbocycles. The van der Waals surface area contributed by atoms with Crippen molar-refractivity contribution < 1.29 is 0 Å². The Morgan fingerprint density at radius 2 is 1.31 bits per heavy atom. The van der Waals surface area contributed by atoms with E-state index in [1.807, 2.05) is 0 Å². The van der Waals surface area contributed by atoms with E-state index in [2.05, 4.69) is 102 Å². The summed E-state index contributed by atoms with van der Waals surface area (Å²) >= 11 is 0. The summed E-state index contributed by atoms with van der Waals surface area (Å²) in [6, 6.07) is 24.0. The molecule has 3 aromatic rings. The molecule has 0 unspecified atom stereocenters. The number of benzene rings is 3. The van der Waals surface area contributed by atoms with Crippen LogP contribution in [-0.2, 0) is 24.7 Å². The van der Waals surface area contributed by atoms with Crippen LogP contribution < -0.4 is 0 Å². The van der Waals surface area contributed by atoms with Gasteiger partial charge in [-0.25, -0.2) is 0 Å². The topological polar surface area (TPSA) is 0 Å². The molecule has 0 aromatic heterocycles. The van der Waals surface area contributed by atoms with Crippen molar-refractivity contribution in [2.45, 2.75) is 136 Å². The first kappa shape index (κ1) is 31.1. The predicted octanol–water partition coefficient (Wildman–Crippen LogP) is 11.9. The van der Waals surface area contributed by atoms with Crippen molar-refractivity contribution in [2.75, 3.05) is 0 Å². The van der Waals surface area contributed by atoms with Crippen LogP contribution in [0, 0.1) is 24.7 Å². The van der Waals surface area contributed by atoms with Crippen molar-refractivity contribution in [3.8, 4) is 0 Å². The monoisotopic (exact) mass is 562 g/mol. The Kier molecular flexibility index (Phi) is 10.3. The molecule has 0 heterocycles. The molecule has 0 radical (unpaired) electrons. The summed E-state index contributed by atoms with van der Waals surface area (Å²) in [5, 5.41) is 0. The van der Waals surface area contributed by atoms with Crippen LogP contribution in [0.5, 0.6) is 0 Å². The van der Waals surface area contributed by atoms with Gasteiger partial charge in [0.15, 0.2) is 0 Å². The van der Waals surface area contributed by atoms with Gasteiger partial charge >= 0.3 is 0 Å². The second-order valence-electron chi connectivity index (χ2n) is 14.6. The van der Waals surface area contributed by atoms with Gasteiger partial charge in [-0.15, -0.1) is 0 Å². The Bertz CT molecular complexity index is 1290. The van der Waals surface area contributed by atoms with Crippen LogP contribution in [0.25, 0.3) is 0 Å². The Labute approximate surface area is 258 Å². The van der Waals surface area contributed by atoms with Crippen LogP contribution >= 0.6 is 0 Å². The summed E-state index contributed by atoms with van der Waals surface area (Å²) in [7, 11) is 0. The maximum absolute atomic E-state index is 2.59. The standard InChI is InChI=1S/C42H58/c1-7-33-28-38(36-22-20-35(21-23-36)34-18-14-30(4)15-19-34)25-24-37(33)26-32-17-16-31(5)40(27-32)29-39-12-10-11-13-41(39)42(6,8-2)9-3/h10-13,16-17,24-25,27-28,30,34-36H,7-9,14-15,18-23,26,29H2,1-6H3. The van der Waals surface area contributed by atoms with E-state index >= 15 is 0 Å². The lowest BCUT2D eigenvalue weighted by Gasteiger charge is -2.37. The highest BCUT2D eigenvalue weighted by atomic mass is 14.4. The average molecular weight is 563 g/mol. The summed E-state index contributed by atoms with van der Waals surface area (Å²) in [4.78, 5) is 0. The summed E-state index contributed by atoms with van der Waals surface area (Å²) < 4.78 is 0. The van der Waals surface area contributed by atoms with Gasteiger partial charge in [0.2, 0.25) is 0 Å². The van der Waals surface area contributed by atoms with Crippen LogP contribution in [0.4, 0.5) is 0 Å². The lowest BCUT2D eigenvalue weighted by Crippen LogP contribution is -2.24. The van der Waals surface area contributed by atoms with Crippen LogP contribution in [0.3, 0.4) is 0 Å². The first-order chi connectivity index (χ1) is 20.3. The molecule has 0 heteroatoms. The predicted molar refractivity (Wildman–Crippen MR) is 183 cm³/mol. The lowest BCUT2D eigenvalue weighted by molar-refractivity contribution is 0.165. The maximum atomic E-state index is 2.59. The lowest BCUT2D eigenvalue weighted by atomic mass is 9.68. The van der Waals surface area contributed by atoms with E-state index in [-0.39, 0.29) is 5.41 Å². The molecule has 2 aliphatic rings. The third-order valence-corrected chi connectivity index (χ3v) is 12.0. The van der Waals surface area contributed by atoms with Crippen molar-refractivity contribution in [1.29, 1.82) is 0 Å². The first-order valence-corrected chi connectivity index (χ1v) is 17.6. The molecule has 5 rings (SSSR count). The third-order valence-electron chi connectivity index (χ3n) is 12.0. The third kappa shape index (κ3) is 7.06. The Morgan fingerprint density at radius 1 is 0.643 bits per heavy atom. The van der Waals surface area contributed by atoms with Gasteiger partial charge < -0.3 is 0 Å². The van der Waals surface area contributed by atoms with Crippen molar-refractivity contribution in [2.24, 2.45) is 17.8 Å². The highest BCUT2D eigenvalue weighted by Gasteiger charge is 2.30. The molecular formula is C42H58. The SMILES string of the molecule is CCc1cc(C2CCC(C3CCC(C)CC3)CC2)ccc1Cc1ccc(C)c(Cc2ccccc2C(C)(CC)CC)c1. The van der Waals surface area contributed by atoms with E-state index in [1.54, 1.807) is 11.1 Å². The minimum Gasteiger partial charge on any atom is -0.0645 e. The number of hydrogen-bond acceptors (Lipinski definition) is 0. The van der Waals surface area contributed by atoms with E-state index < -0.39 is 0 Å². The Balaban J connectivity index is 1.28. The van der Waals surface area contributed by atoms with Crippen LogP contribution in [0.15, 0.2) is 60.7 Å². The normalized spacial score (nSPS) is 23.2. The molecule has 0 N–H and O–H groups in total. The molecule has 0 nitrogen and oxygen atoms in total. The molecule has 226 valence electrons. The maximum Gasteiger partial charge on any atom is -0.00201 e. The average Bonchev–Trinajstić information content (AvgIpc) is 3.03. The van der Waals surface area contributed by atoms with E-state index in [0.29, 0.717) is 0 Å². The molecule has 3 aromatic carbocycles. The molecule has 0 bridgehead atoms. The molecule has 0 atom stereocenters. The fourth-order valence-corrected chi connectivity index (χ4v) is 8.43. The van der Waals surface area contributed by atoms with E-state index in [0.717, 1.165) is 42.9 Å². The fourth-order valence-electron chi connectivity index (χ4n) is 8.43. The highest BCUT2D eigenvalue weighted by Crippen LogP contribution is 2.44. The first-order valence-electron chi connectivity index (χ1n) is 17.6. The largest absolute Gasteiger partial charge is 0.0645 e. The molecular weight excluding hydrogens is 504 g/mol.